The van der Waals surface area contributed by atoms with Gasteiger partial charge in [0, 0.05) is 16.7 Å². The van der Waals surface area contributed by atoms with E-state index in [4.69, 9.17) is 0 Å². The molecule has 1 heterocycles. The maximum absolute atomic E-state index is 3.43. The van der Waals surface area contributed by atoms with Crippen LogP contribution >= 0.6 is 15.9 Å². The van der Waals surface area contributed by atoms with Crippen LogP contribution in [0, 0.1) is 0 Å². The lowest BCUT2D eigenvalue weighted by Crippen LogP contribution is -2.03. The van der Waals surface area contributed by atoms with Crippen molar-refractivity contribution in [2.75, 3.05) is 11.9 Å². The second-order valence-electron chi connectivity index (χ2n) is 2.51. The van der Waals surface area contributed by atoms with E-state index in [0.717, 1.165) is 11.0 Å². The van der Waals surface area contributed by atoms with Crippen LogP contribution in [0.5, 0.6) is 0 Å². The van der Waals surface area contributed by atoms with Gasteiger partial charge < -0.3 is 5.32 Å². The monoisotopic (exact) mass is 209 g/mol. The molecule has 1 aromatic carbocycles. The van der Waals surface area contributed by atoms with Crippen LogP contribution in [0.25, 0.3) is 6.08 Å². The lowest BCUT2D eigenvalue weighted by molar-refractivity contribution is 1.31. The molecule has 0 saturated heterocycles. The minimum Gasteiger partial charge on any atom is -0.381 e. The quantitative estimate of drug-likeness (QED) is 0.694. The van der Waals surface area contributed by atoms with Gasteiger partial charge >= 0.3 is 0 Å². The van der Waals surface area contributed by atoms with Crippen molar-refractivity contribution in [3.63, 3.8) is 0 Å². The number of hydrogen-bond donors (Lipinski definition) is 1. The summed E-state index contributed by atoms with van der Waals surface area (Å²) < 4.78 is 1.12. The predicted molar refractivity (Wildman–Crippen MR) is 51.7 cm³/mol. The highest BCUT2D eigenvalue weighted by atomic mass is 79.9. The number of benzene rings is 1. The fraction of sp³-hybridized carbons (Fsp3) is 0.111. The second-order valence-corrected chi connectivity index (χ2v) is 3.43. The van der Waals surface area contributed by atoms with Crippen molar-refractivity contribution in [1.29, 1.82) is 0 Å². The Morgan fingerprint density at radius 3 is 3.18 bits per heavy atom. The molecule has 2 heteroatoms. The van der Waals surface area contributed by atoms with Gasteiger partial charge in [-0.2, -0.15) is 0 Å². The van der Waals surface area contributed by atoms with E-state index in [1.54, 1.807) is 0 Å². The molecule has 1 N–H and O–H groups in total. The SMILES string of the molecule is Brc1ccc2c(c1)NCC=C2. The van der Waals surface area contributed by atoms with Gasteiger partial charge in [-0.15, -0.1) is 0 Å². The highest BCUT2D eigenvalue weighted by Crippen LogP contribution is 2.24. The number of nitrogens with one attached hydrogen (secondary N) is 1. The maximum atomic E-state index is 3.43. The van der Waals surface area contributed by atoms with Crippen LogP contribution in [0.2, 0.25) is 0 Å². The van der Waals surface area contributed by atoms with Crippen LogP contribution in [-0.4, -0.2) is 6.54 Å². The van der Waals surface area contributed by atoms with E-state index in [1.165, 1.54) is 11.3 Å². The zero-order valence-corrected chi connectivity index (χ0v) is 7.56. The largest absolute Gasteiger partial charge is 0.381 e. The van der Waals surface area contributed by atoms with E-state index >= 15 is 0 Å². The zero-order chi connectivity index (χ0) is 7.68. The zero-order valence-electron chi connectivity index (χ0n) is 5.97. The van der Waals surface area contributed by atoms with Crippen molar-refractivity contribution in [2.24, 2.45) is 0 Å². The Kier molecular flexibility index (Phi) is 1.70. The number of hydrogen-bond acceptors (Lipinski definition) is 1. The Morgan fingerprint density at radius 2 is 2.27 bits per heavy atom. The fourth-order valence-electron chi connectivity index (χ4n) is 1.18. The number of rotatable bonds is 0. The summed E-state index contributed by atoms with van der Waals surface area (Å²) in [6.45, 7) is 0.934. The molecular formula is C9H8BrN. The van der Waals surface area contributed by atoms with Gasteiger partial charge in [0.2, 0.25) is 0 Å². The minimum atomic E-state index is 0.934. The van der Waals surface area contributed by atoms with Crippen molar-refractivity contribution < 1.29 is 0 Å². The Labute approximate surface area is 74.2 Å². The average Bonchev–Trinajstić information content (AvgIpc) is 2.04. The van der Waals surface area contributed by atoms with E-state index in [2.05, 4.69) is 51.6 Å². The van der Waals surface area contributed by atoms with Gasteiger partial charge in [0.25, 0.3) is 0 Å². The summed E-state index contributed by atoms with van der Waals surface area (Å²) in [5.74, 6) is 0. The van der Waals surface area contributed by atoms with Gasteiger partial charge in [-0.05, 0) is 17.7 Å². The summed E-state index contributed by atoms with van der Waals surface area (Å²) in [6.07, 6.45) is 4.26. The number of anilines is 1. The number of fused-ring (bicyclic) bond motifs is 1. The molecule has 0 fully saturated rings. The third-order valence-electron chi connectivity index (χ3n) is 1.72. The van der Waals surface area contributed by atoms with Crippen LogP contribution in [0.3, 0.4) is 0 Å². The van der Waals surface area contributed by atoms with Gasteiger partial charge in [-0.1, -0.05) is 34.1 Å². The van der Waals surface area contributed by atoms with E-state index in [9.17, 15) is 0 Å². The van der Waals surface area contributed by atoms with Gasteiger partial charge in [-0.25, -0.2) is 0 Å². The molecule has 0 saturated carbocycles. The van der Waals surface area contributed by atoms with E-state index in [-0.39, 0.29) is 0 Å². The molecule has 1 aliphatic heterocycles. The lowest BCUT2D eigenvalue weighted by atomic mass is 10.1. The normalized spacial score (nSPS) is 13.9. The van der Waals surface area contributed by atoms with Crippen LogP contribution in [0.15, 0.2) is 28.7 Å². The van der Waals surface area contributed by atoms with Crippen molar-refractivity contribution in [1.82, 2.24) is 0 Å². The van der Waals surface area contributed by atoms with Crippen molar-refractivity contribution in [2.45, 2.75) is 0 Å². The molecule has 0 radical (unpaired) electrons. The Hall–Kier alpha value is -0.760. The molecular weight excluding hydrogens is 202 g/mol. The molecule has 1 aliphatic rings. The lowest BCUT2D eigenvalue weighted by Gasteiger charge is -2.12. The predicted octanol–water partition coefficient (Wildman–Crippen LogP) is 2.89. The fourth-order valence-corrected chi connectivity index (χ4v) is 1.54. The van der Waals surface area contributed by atoms with Crippen LogP contribution in [0.1, 0.15) is 5.56 Å². The minimum absolute atomic E-state index is 0.934. The van der Waals surface area contributed by atoms with E-state index < -0.39 is 0 Å². The van der Waals surface area contributed by atoms with E-state index in [0.29, 0.717) is 0 Å². The summed E-state index contributed by atoms with van der Waals surface area (Å²) in [7, 11) is 0. The van der Waals surface area contributed by atoms with Gasteiger partial charge in [-0.3, -0.25) is 0 Å². The van der Waals surface area contributed by atoms with Crippen LogP contribution in [0.4, 0.5) is 5.69 Å². The highest BCUT2D eigenvalue weighted by Gasteiger charge is 2.01. The van der Waals surface area contributed by atoms with Gasteiger partial charge in [0.1, 0.15) is 0 Å². The molecule has 0 aromatic heterocycles. The molecule has 1 nitrogen and oxygen atoms in total. The van der Waals surface area contributed by atoms with Crippen molar-refractivity contribution in [3.8, 4) is 0 Å². The summed E-state index contributed by atoms with van der Waals surface area (Å²) in [5, 5.41) is 3.29. The Morgan fingerprint density at radius 1 is 1.36 bits per heavy atom. The van der Waals surface area contributed by atoms with Gasteiger partial charge in [0.15, 0.2) is 0 Å². The molecule has 1 aromatic rings. The number of halogens is 1. The highest BCUT2D eigenvalue weighted by molar-refractivity contribution is 9.10. The molecule has 0 atom stereocenters. The summed E-state index contributed by atoms with van der Waals surface area (Å²) in [6, 6.07) is 6.25. The summed E-state index contributed by atoms with van der Waals surface area (Å²) >= 11 is 3.43. The van der Waals surface area contributed by atoms with Crippen LogP contribution < -0.4 is 5.32 Å². The maximum Gasteiger partial charge on any atom is 0.0427 e. The molecule has 0 bridgehead atoms. The second kappa shape index (κ2) is 2.70. The summed E-state index contributed by atoms with van der Waals surface area (Å²) in [5.41, 5.74) is 2.47. The molecule has 0 aliphatic carbocycles. The molecule has 0 spiro atoms. The van der Waals surface area contributed by atoms with E-state index in [1.807, 2.05) is 0 Å². The first-order valence-electron chi connectivity index (χ1n) is 3.56. The average molecular weight is 210 g/mol. The Balaban J connectivity index is 2.53. The topological polar surface area (TPSA) is 12.0 Å². The molecule has 0 unspecified atom stereocenters. The van der Waals surface area contributed by atoms with Crippen molar-refractivity contribution in [3.05, 3.63) is 34.3 Å². The summed E-state index contributed by atoms with van der Waals surface area (Å²) in [4.78, 5) is 0. The third kappa shape index (κ3) is 1.31. The first-order valence-corrected chi connectivity index (χ1v) is 4.35. The third-order valence-corrected chi connectivity index (χ3v) is 2.22. The van der Waals surface area contributed by atoms with Crippen LogP contribution in [-0.2, 0) is 0 Å². The molecule has 56 valence electrons. The first-order chi connectivity index (χ1) is 5.36. The molecule has 2 rings (SSSR count). The first kappa shape index (κ1) is 6.92. The van der Waals surface area contributed by atoms with Crippen molar-refractivity contribution >= 4 is 27.7 Å². The Bertz CT molecular complexity index is 304. The smallest absolute Gasteiger partial charge is 0.0427 e. The van der Waals surface area contributed by atoms with Gasteiger partial charge in [0.05, 0.1) is 0 Å². The standard InChI is InChI=1S/C9H8BrN/c10-8-4-3-7-2-1-5-11-9(7)6-8/h1-4,6,11H,5H2. The molecule has 0 amide bonds. The molecule has 11 heavy (non-hydrogen) atoms.